The molecular formula is C11H12ClN3O3. The summed E-state index contributed by atoms with van der Waals surface area (Å²) in [4.78, 5) is 19.9. The van der Waals surface area contributed by atoms with Crippen LogP contribution in [-0.4, -0.2) is 32.2 Å². The predicted molar refractivity (Wildman–Crippen MR) is 65.9 cm³/mol. The molecule has 1 N–H and O–H groups in total. The van der Waals surface area contributed by atoms with Gasteiger partial charge in [-0.05, 0) is 13.8 Å². The number of hydrogen-bond donors (Lipinski definition) is 1. The van der Waals surface area contributed by atoms with Crippen LogP contribution in [0.3, 0.4) is 0 Å². The Balaban J connectivity index is 2.77. The van der Waals surface area contributed by atoms with Crippen molar-refractivity contribution in [3.63, 3.8) is 0 Å². The number of nitrogens with zero attached hydrogens (tertiary/aromatic N) is 3. The maximum absolute atomic E-state index is 11.8. The van der Waals surface area contributed by atoms with Crippen molar-refractivity contribution < 1.29 is 14.6 Å². The van der Waals surface area contributed by atoms with E-state index in [4.69, 9.17) is 16.3 Å². The molecule has 96 valence electrons. The van der Waals surface area contributed by atoms with Crippen molar-refractivity contribution in [1.29, 1.82) is 0 Å². The van der Waals surface area contributed by atoms with Crippen LogP contribution in [0.2, 0.25) is 5.15 Å². The Hall–Kier alpha value is -1.82. The first kappa shape index (κ1) is 12.6. The highest BCUT2D eigenvalue weighted by Gasteiger charge is 2.25. The molecule has 0 amide bonds. The number of fused-ring (bicyclic) bond motifs is 1. The minimum absolute atomic E-state index is 0.0219. The maximum atomic E-state index is 11.8. The molecule has 0 bridgehead atoms. The van der Waals surface area contributed by atoms with Crippen LogP contribution in [0.1, 0.15) is 23.2 Å². The lowest BCUT2D eigenvalue weighted by atomic mass is 10.3. The van der Waals surface area contributed by atoms with Crippen LogP contribution >= 0.6 is 11.6 Å². The lowest BCUT2D eigenvalue weighted by molar-refractivity contribution is 0.0512. The predicted octanol–water partition coefficient (Wildman–Crippen LogP) is 1.81. The molecule has 0 aliphatic heterocycles. The van der Waals surface area contributed by atoms with Crippen molar-refractivity contribution in [2.75, 3.05) is 6.61 Å². The zero-order valence-electron chi connectivity index (χ0n) is 10.2. The molecule has 0 aromatic carbocycles. The van der Waals surface area contributed by atoms with Gasteiger partial charge < -0.3 is 14.4 Å². The number of carbonyl (C=O) groups excluding carboxylic acids is 1. The summed E-state index contributed by atoms with van der Waals surface area (Å²) >= 11 is 5.96. The number of esters is 1. The number of aryl methyl sites for hydroxylation is 2. The standard InChI is InChI=1S/C11H12ClN3O3/c1-4-18-11(17)7-8(16)6-9(12)13-5(2)14-10(6)15(7)3/h16H,4H2,1-3H3. The van der Waals surface area contributed by atoms with Gasteiger partial charge in [-0.2, -0.15) is 0 Å². The van der Waals surface area contributed by atoms with Gasteiger partial charge in [-0.1, -0.05) is 11.6 Å². The van der Waals surface area contributed by atoms with E-state index in [0.29, 0.717) is 11.5 Å². The Labute approximate surface area is 108 Å². The van der Waals surface area contributed by atoms with E-state index >= 15 is 0 Å². The normalized spacial score (nSPS) is 10.9. The largest absolute Gasteiger partial charge is 0.505 e. The average molecular weight is 270 g/mol. The fourth-order valence-electron chi connectivity index (χ4n) is 1.79. The van der Waals surface area contributed by atoms with Crippen molar-refractivity contribution in [3.05, 3.63) is 16.7 Å². The third-order valence-electron chi connectivity index (χ3n) is 2.54. The van der Waals surface area contributed by atoms with E-state index < -0.39 is 5.97 Å². The summed E-state index contributed by atoms with van der Waals surface area (Å²) < 4.78 is 6.33. The molecule has 0 aliphatic rings. The zero-order chi connectivity index (χ0) is 13.4. The van der Waals surface area contributed by atoms with E-state index in [-0.39, 0.29) is 28.6 Å². The molecule has 18 heavy (non-hydrogen) atoms. The molecule has 0 aliphatic carbocycles. The van der Waals surface area contributed by atoms with Crippen molar-refractivity contribution >= 4 is 28.6 Å². The summed E-state index contributed by atoms with van der Waals surface area (Å²) in [6.45, 7) is 3.59. The first-order valence-electron chi connectivity index (χ1n) is 5.36. The van der Waals surface area contributed by atoms with Crippen LogP contribution in [0.25, 0.3) is 11.0 Å². The molecule has 0 fully saturated rings. The number of ether oxygens (including phenoxy) is 1. The van der Waals surface area contributed by atoms with Gasteiger partial charge in [-0.15, -0.1) is 0 Å². The van der Waals surface area contributed by atoms with Crippen molar-refractivity contribution in [2.45, 2.75) is 13.8 Å². The number of aromatic hydroxyl groups is 1. The Morgan fingerprint density at radius 2 is 2.17 bits per heavy atom. The SMILES string of the molecule is CCOC(=O)c1c(O)c2c(Cl)nc(C)nc2n1C. The lowest BCUT2D eigenvalue weighted by Crippen LogP contribution is -2.10. The molecule has 0 radical (unpaired) electrons. The van der Waals surface area contributed by atoms with Crippen molar-refractivity contribution in [2.24, 2.45) is 7.05 Å². The first-order chi connectivity index (χ1) is 8.47. The fraction of sp³-hybridized carbons (Fsp3) is 0.364. The van der Waals surface area contributed by atoms with Gasteiger partial charge in [0.1, 0.15) is 16.6 Å². The minimum atomic E-state index is -0.621. The first-order valence-corrected chi connectivity index (χ1v) is 5.73. The fourth-order valence-corrected chi connectivity index (χ4v) is 2.08. The van der Waals surface area contributed by atoms with Gasteiger partial charge in [0.25, 0.3) is 0 Å². The third kappa shape index (κ3) is 1.78. The maximum Gasteiger partial charge on any atom is 0.358 e. The van der Waals surface area contributed by atoms with Gasteiger partial charge in [-0.3, -0.25) is 0 Å². The molecule has 2 rings (SSSR count). The smallest absolute Gasteiger partial charge is 0.358 e. The van der Waals surface area contributed by atoms with Crippen LogP contribution in [0, 0.1) is 6.92 Å². The van der Waals surface area contributed by atoms with Crippen LogP contribution in [0.15, 0.2) is 0 Å². The van der Waals surface area contributed by atoms with E-state index in [2.05, 4.69) is 9.97 Å². The summed E-state index contributed by atoms with van der Waals surface area (Å²) in [6, 6.07) is 0. The Kier molecular flexibility index (Phi) is 3.13. The quantitative estimate of drug-likeness (QED) is 0.665. The molecule has 0 saturated carbocycles. The van der Waals surface area contributed by atoms with Crippen molar-refractivity contribution in [1.82, 2.24) is 14.5 Å². The Morgan fingerprint density at radius 1 is 1.50 bits per heavy atom. The second-order valence-corrected chi connectivity index (χ2v) is 4.09. The van der Waals surface area contributed by atoms with Gasteiger partial charge >= 0.3 is 5.97 Å². The Bertz CT molecular complexity index is 636. The van der Waals surface area contributed by atoms with Crippen LogP contribution in [0.4, 0.5) is 0 Å². The van der Waals surface area contributed by atoms with Gasteiger partial charge in [0, 0.05) is 7.05 Å². The summed E-state index contributed by atoms with van der Waals surface area (Å²) in [7, 11) is 1.61. The number of carbonyl (C=O) groups is 1. The molecule has 0 spiro atoms. The summed E-state index contributed by atoms with van der Waals surface area (Å²) in [5.41, 5.74) is 0.418. The minimum Gasteiger partial charge on any atom is -0.505 e. The zero-order valence-corrected chi connectivity index (χ0v) is 10.9. The molecule has 7 heteroatoms. The van der Waals surface area contributed by atoms with E-state index in [0.717, 1.165) is 0 Å². The number of rotatable bonds is 2. The number of halogens is 1. The van der Waals surface area contributed by atoms with Crippen LogP contribution in [0.5, 0.6) is 5.75 Å². The molecular weight excluding hydrogens is 258 g/mol. The molecule has 2 aromatic heterocycles. The summed E-state index contributed by atoms with van der Waals surface area (Å²) in [6.07, 6.45) is 0. The molecule has 6 nitrogen and oxygen atoms in total. The topological polar surface area (TPSA) is 77.2 Å². The van der Waals surface area contributed by atoms with E-state index in [9.17, 15) is 9.90 Å². The van der Waals surface area contributed by atoms with Gasteiger partial charge in [0.2, 0.25) is 0 Å². The highest BCUT2D eigenvalue weighted by atomic mass is 35.5. The van der Waals surface area contributed by atoms with Crippen molar-refractivity contribution in [3.8, 4) is 5.75 Å². The molecule has 0 unspecified atom stereocenters. The van der Waals surface area contributed by atoms with Crippen LogP contribution < -0.4 is 0 Å². The third-order valence-corrected chi connectivity index (χ3v) is 2.81. The molecule has 0 atom stereocenters. The highest BCUT2D eigenvalue weighted by Crippen LogP contribution is 2.34. The number of hydrogen-bond acceptors (Lipinski definition) is 5. The molecule has 2 heterocycles. The monoisotopic (exact) mass is 269 g/mol. The van der Waals surface area contributed by atoms with E-state index in [1.807, 2.05) is 0 Å². The van der Waals surface area contributed by atoms with Crippen LogP contribution in [-0.2, 0) is 11.8 Å². The summed E-state index contributed by atoms with van der Waals surface area (Å²) in [5.74, 6) is -0.413. The van der Waals surface area contributed by atoms with E-state index in [1.165, 1.54) is 4.57 Å². The van der Waals surface area contributed by atoms with E-state index in [1.54, 1.807) is 20.9 Å². The molecule has 0 saturated heterocycles. The number of aromatic nitrogens is 3. The molecule has 2 aromatic rings. The lowest BCUT2D eigenvalue weighted by Gasteiger charge is -2.03. The second kappa shape index (κ2) is 4.45. The van der Waals surface area contributed by atoms with Gasteiger partial charge in [-0.25, -0.2) is 14.8 Å². The average Bonchev–Trinajstić information content (AvgIpc) is 2.51. The van der Waals surface area contributed by atoms with Gasteiger partial charge in [0.05, 0.1) is 12.0 Å². The Morgan fingerprint density at radius 3 is 2.78 bits per heavy atom. The van der Waals surface area contributed by atoms with Gasteiger partial charge in [0.15, 0.2) is 11.4 Å². The second-order valence-electron chi connectivity index (χ2n) is 3.74. The summed E-state index contributed by atoms with van der Waals surface area (Å²) in [5, 5.41) is 10.4. The highest BCUT2D eigenvalue weighted by molar-refractivity contribution is 6.35.